The molecule has 0 radical (unpaired) electrons. The molecular weight excluding hydrogens is 264 g/mol. The van der Waals surface area contributed by atoms with Gasteiger partial charge >= 0.3 is 0 Å². The SMILES string of the molecule is CC(C)c1ccc2ccc3ccc(C(C)C)c4ccc1c2c34. The highest BCUT2D eigenvalue weighted by atomic mass is 14.2. The van der Waals surface area contributed by atoms with Gasteiger partial charge in [-0.3, -0.25) is 0 Å². The fourth-order valence-corrected chi connectivity index (χ4v) is 3.85. The Morgan fingerprint density at radius 2 is 0.864 bits per heavy atom. The molecule has 0 fully saturated rings. The van der Waals surface area contributed by atoms with Gasteiger partial charge in [0.05, 0.1) is 0 Å². The highest BCUT2D eigenvalue weighted by Gasteiger charge is 2.15. The zero-order chi connectivity index (χ0) is 15.4. The third kappa shape index (κ3) is 1.76. The molecule has 0 aliphatic rings. The fourth-order valence-electron chi connectivity index (χ4n) is 3.85. The molecule has 0 spiro atoms. The van der Waals surface area contributed by atoms with Gasteiger partial charge in [0.15, 0.2) is 0 Å². The Balaban J connectivity index is 2.28. The molecule has 0 aliphatic carbocycles. The normalized spacial score (nSPS) is 12.5. The van der Waals surface area contributed by atoms with Crippen LogP contribution in [0.25, 0.3) is 32.3 Å². The van der Waals surface area contributed by atoms with E-state index in [2.05, 4.69) is 76.2 Å². The Morgan fingerprint density at radius 3 is 1.23 bits per heavy atom. The molecule has 0 aromatic heterocycles. The van der Waals surface area contributed by atoms with E-state index in [4.69, 9.17) is 0 Å². The number of hydrogen-bond acceptors (Lipinski definition) is 0. The Hall–Kier alpha value is -2.08. The van der Waals surface area contributed by atoms with Crippen LogP contribution < -0.4 is 0 Å². The Labute approximate surface area is 132 Å². The molecule has 4 rings (SSSR count). The van der Waals surface area contributed by atoms with Crippen molar-refractivity contribution in [3.8, 4) is 0 Å². The second kappa shape index (κ2) is 4.71. The van der Waals surface area contributed by atoms with Crippen molar-refractivity contribution in [2.75, 3.05) is 0 Å². The van der Waals surface area contributed by atoms with E-state index in [9.17, 15) is 0 Å². The summed E-state index contributed by atoms with van der Waals surface area (Å²) in [4.78, 5) is 0. The molecule has 0 amide bonds. The molecule has 0 heterocycles. The minimum Gasteiger partial charge on any atom is -0.0587 e. The minimum absolute atomic E-state index is 0.550. The summed E-state index contributed by atoms with van der Waals surface area (Å²) in [6.45, 7) is 9.13. The summed E-state index contributed by atoms with van der Waals surface area (Å²) >= 11 is 0. The highest BCUT2D eigenvalue weighted by Crippen LogP contribution is 2.40. The zero-order valence-electron chi connectivity index (χ0n) is 13.8. The van der Waals surface area contributed by atoms with E-state index in [0.717, 1.165) is 0 Å². The van der Waals surface area contributed by atoms with Gasteiger partial charge in [0.25, 0.3) is 0 Å². The summed E-state index contributed by atoms with van der Waals surface area (Å²) < 4.78 is 0. The van der Waals surface area contributed by atoms with E-state index in [-0.39, 0.29) is 0 Å². The van der Waals surface area contributed by atoms with E-state index >= 15 is 0 Å². The van der Waals surface area contributed by atoms with E-state index in [1.54, 1.807) is 0 Å². The van der Waals surface area contributed by atoms with Crippen LogP contribution in [-0.2, 0) is 0 Å². The van der Waals surface area contributed by atoms with Crippen molar-refractivity contribution < 1.29 is 0 Å². The fraction of sp³-hybridized carbons (Fsp3) is 0.273. The lowest BCUT2D eigenvalue weighted by molar-refractivity contribution is 0.875. The van der Waals surface area contributed by atoms with Crippen LogP contribution in [0.1, 0.15) is 50.7 Å². The molecular formula is C22H22. The predicted octanol–water partition coefficient (Wildman–Crippen LogP) is 6.83. The van der Waals surface area contributed by atoms with Crippen LogP contribution in [0.3, 0.4) is 0 Å². The first-order chi connectivity index (χ1) is 10.6. The van der Waals surface area contributed by atoms with Gasteiger partial charge in [-0.1, -0.05) is 76.2 Å². The number of hydrogen-bond donors (Lipinski definition) is 0. The Bertz CT molecular complexity index is 892. The maximum atomic E-state index is 2.34. The molecule has 0 unspecified atom stereocenters. The molecule has 4 aromatic rings. The maximum Gasteiger partial charge on any atom is -0.00238 e. The van der Waals surface area contributed by atoms with E-state index in [1.807, 2.05) is 0 Å². The summed E-state index contributed by atoms with van der Waals surface area (Å²) in [5.74, 6) is 1.10. The predicted molar refractivity (Wildman–Crippen MR) is 98.3 cm³/mol. The quantitative estimate of drug-likeness (QED) is 0.354. The van der Waals surface area contributed by atoms with Crippen LogP contribution in [0.15, 0.2) is 48.5 Å². The first-order valence-electron chi connectivity index (χ1n) is 8.28. The number of rotatable bonds is 2. The van der Waals surface area contributed by atoms with Crippen molar-refractivity contribution >= 4 is 32.3 Å². The van der Waals surface area contributed by atoms with Crippen molar-refractivity contribution in [1.82, 2.24) is 0 Å². The largest absolute Gasteiger partial charge is 0.0587 e. The van der Waals surface area contributed by atoms with Crippen molar-refractivity contribution in [2.24, 2.45) is 0 Å². The van der Waals surface area contributed by atoms with Crippen LogP contribution in [0.4, 0.5) is 0 Å². The van der Waals surface area contributed by atoms with Crippen LogP contribution in [0.2, 0.25) is 0 Å². The molecule has 0 saturated heterocycles. The first-order valence-corrected chi connectivity index (χ1v) is 8.28. The van der Waals surface area contributed by atoms with Gasteiger partial charge in [-0.25, -0.2) is 0 Å². The van der Waals surface area contributed by atoms with Gasteiger partial charge in [0.2, 0.25) is 0 Å². The van der Waals surface area contributed by atoms with E-state index in [1.165, 1.54) is 43.4 Å². The molecule has 0 saturated carbocycles. The van der Waals surface area contributed by atoms with Crippen LogP contribution >= 0.6 is 0 Å². The van der Waals surface area contributed by atoms with Gasteiger partial charge in [-0.05, 0) is 55.3 Å². The second-order valence-electron chi connectivity index (χ2n) is 7.04. The molecule has 0 aliphatic heterocycles. The van der Waals surface area contributed by atoms with Crippen LogP contribution in [-0.4, -0.2) is 0 Å². The minimum atomic E-state index is 0.550. The summed E-state index contributed by atoms with van der Waals surface area (Å²) in [6, 6.07) is 18.4. The average Bonchev–Trinajstić information content (AvgIpc) is 2.51. The molecule has 0 nitrogen and oxygen atoms in total. The average molecular weight is 286 g/mol. The van der Waals surface area contributed by atoms with Crippen molar-refractivity contribution in [3.63, 3.8) is 0 Å². The molecule has 0 heteroatoms. The summed E-state index contributed by atoms with van der Waals surface area (Å²) in [6.07, 6.45) is 0. The lowest BCUT2D eigenvalue weighted by atomic mass is 9.86. The summed E-state index contributed by atoms with van der Waals surface area (Å²) in [5.41, 5.74) is 2.91. The van der Waals surface area contributed by atoms with Gasteiger partial charge in [0.1, 0.15) is 0 Å². The zero-order valence-corrected chi connectivity index (χ0v) is 13.8. The lowest BCUT2D eigenvalue weighted by Crippen LogP contribution is -1.95. The molecule has 4 aromatic carbocycles. The molecule has 0 bridgehead atoms. The molecule has 0 atom stereocenters. The van der Waals surface area contributed by atoms with Crippen molar-refractivity contribution in [2.45, 2.75) is 39.5 Å². The third-order valence-electron chi connectivity index (χ3n) is 4.98. The topological polar surface area (TPSA) is 0 Å². The summed E-state index contributed by atoms with van der Waals surface area (Å²) in [5, 5.41) is 8.46. The molecule has 110 valence electrons. The standard InChI is InChI=1S/C22H22/c1-13(2)17-9-7-15-5-6-16-8-10-18(14(3)4)20-12-11-19(17)21(15)22(16)20/h5-14H,1-4H3. The first kappa shape index (κ1) is 13.6. The van der Waals surface area contributed by atoms with Crippen LogP contribution in [0, 0.1) is 0 Å². The molecule has 0 N–H and O–H groups in total. The number of benzene rings is 4. The Morgan fingerprint density at radius 1 is 0.500 bits per heavy atom. The van der Waals surface area contributed by atoms with Gasteiger partial charge in [0, 0.05) is 0 Å². The summed E-state index contributed by atoms with van der Waals surface area (Å²) in [7, 11) is 0. The van der Waals surface area contributed by atoms with E-state index in [0.29, 0.717) is 11.8 Å². The Kier molecular flexibility index (Phi) is 2.91. The van der Waals surface area contributed by atoms with Crippen molar-refractivity contribution in [1.29, 1.82) is 0 Å². The van der Waals surface area contributed by atoms with Gasteiger partial charge in [-0.15, -0.1) is 0 Å². The third-order valence-corrected chi connectivity index (χ3v) is 4.98. The van der Waals surface area contributed by atoms with Gasteiger partial charge < -0.3 is 0 Å². The van der Waals surface area contributed by atoms with Crippen LogP contribution in [0.5, 0.6) is 0 Å². The van der Waals surface area contributed by atoms with Gasteiger partial charge in [-0.2, -0.15) is 0 Å². The van der Waals surface area contributed by atoms with E-state index < -0.39 is 0 Å². The monoisotopic (exact) mass is 286 g/mol. The second-order valence-corrected chi connectivity index (χ2v) is 7.04. The maximum absolute atomic E-state index is 2.34. The lowest BCUT2D eigenvalue weighted by Gasteiger charge is -2.18. The molecule has 22 heavy (non-hydrogen) atoms. The smallest absolute Gasteiger partial charge is 0.00238 e. The van der Waals surface area contributed by atoms with Crippen molar-refractivity contribution in [3.05, 3.63) is 59.7 Å². The highest BCUT2D eigenvalue weighted by molar-refractivity contribution is 6.24.